The Morgan fingerprint density at radius 3 is 2.63 bits per heavy atom. The largest absolute Gasteiger partial charge is 0.478 e. The molecule has 1 aliphatic carbocycles. The number of ether oxygens (including phenoxy) is 2. The third-order valence-electron chi connectivity index (χ3n) is 6.01. The summed E-state index contributed by atoms with van der Waals surface area (Å²) < 4.78 is 14.0. The maximum atomic E-state index is 13.5. The summed E-state index contributed by atoms with van der Waals surface area (Å²) in [5.41, 5.74) is 1.07. The van der Waals surface area contributed by atoms with Crippen LogP contribution < -0.4 is 10.3 Å². The van der Waals surface area contributed by atoms with Crippen LogP contribution in [0.25, 0.3) is 10.9 Å². The van der Waals surface area contributed by atoms with Crippen molar-refractivity contribution in [3.05, 3.63) is 67.1 Å². The first-order valence-corrected chi connectivity index (χ1v) is 13.4. The highest BCUT2D eigenvalue weighted by atomic mass is 79.9. The van der Waals surface area contributed by atoms with Crippen molar-refractivity contribution in [2.75, 3.05) is 6.61 Å². The monoisotopic (exact) mass is 603 g/mol. The molecule has 0 N–H and O–H groups in total. The smallest absolute Gasteiger partial charge is 0.347 e. The molecule has 0 unspecified atom stereocenters. The zero-order chi connectivity index (χ0) is 24.9. The Morgan fingerprint density at radius 2 is 1.89 bits per heavy atom. The molecule has 1 aliphatic rings. The van der Waals surface area contributed by atoms with Crippen LogP contribution in [0.4, 0.5) is 0 Å². The van der Waals surface area contributed by atoms with Gasteiger partial charge in [0.2, 0.25) is 0 Å². The molecule has 0 amide bonds. The minimum absolute atomic E-state index is 0.170. The van der Waals surface area contributed by atoms with E-state index in [4.69, 9.17) is 14.5 Å². The number of benzene rings is 2. The molecule has 1 heterocycles. The van der Waals surface area contributed by atoms with Gasteiger partial charge in [0.05, 0.1) is 23.7 Å². The lowest BCUT2D eigenvalue weighted by atomic mass is 9.88. The lowest BCUT2D eigenvalue weighted by Crippen LogP contribution is -2.26. The summed E-state index contributed by atoms with van der Waals surface area (Å²) in [6, 6.07) is 10.9. The highest BCUT2D eigenvalue weighted by molar-refractivity contribution is 9.10. The zero-order valence-electron chi connectivity index (χ0n) is 19.7. The van der Waals surface area contributed by atoms with E-state index in [1.165, 1.54) is 11.1 Å². The van der Waals surface area contributed by atoms with Gasteiger partial charge in [-0.25, -0.2) is 9.78 Å². The van der Waals surface area contributed by atoms with Crippen molar-refractivity contribution in [1.29, 1.82) is 0 Å². The zero-order valence-corrected chi connectivity index (χ0v) is 22.8. The Bertz CT molecular complexity index is 1320. The first-order valence-electron chi connectivity index (χ1n) is 11.8. The average Bonchev–Trinajstić information content (AvgIpc) is 2.85. The molecule has 1 aromatic heterocycles. The highest BCUT2D eigenvalue weighted by Gasteiger charge is 2.23. The minimum Gasteiger partial charge on any atom is -0.478 e. The molecule has 4 rings (SSSR count). The lowest BCUT2D eigenvalue weighted by molar-refractivity contribution is -0.150. The van der Waals surface area contributed by atoms with Gasteiger partial charge in [-0.3, -0.25) is 4.79 Å². The summed E-state index contributed by atoms with van der Waals surface area (Å²) in [4.78, 5) is 30.5. The summed E-state index contributed by atoms with van der Waals surface area (Å²) in [6.45, 7) is 3.66. The number of esters is 1. The number of halogens is 2. The number of nitrogens with zero attached hydrogens (tertiary/aromatic N) is 3. The summed E-state index contributed by atoms with van der Waals surface area (Å²) in [5, 5.41) is 5.10. The molecule has 9 heteroatoms. The molecule has 1 saturated carbocycles. The Hall–Kier alpha value is -2.52. The van der Waals surface area contributed by atoms with E-state index in [0.29, 0.717) is 28.0 Å². The van der Waals surface area contributed by atoms with Gasteiger partial charge in [-0.05, 0) is 63.1 Å². The molecule has 0 radical (unpaired) electrons. The van der Waals surface area contributed by atoms with E-state index < -0.39 is 12.1 Å². The van der Waals surface area contributed by atoms with E-state index in [1.54, 1.807) is 32.2 Å². The topological polar surface area (TPSA) is 82.8 Å². The number of hydrogen-bond acceptors (Lipinski definition) is 6. The number of aromatic nitrogens is 2. The summed E-state index contributed by atoms with van der Waals surface area (Å²) >= 11 is 6.93. The van der Waals surface area contributed by atoms with Crippen molar-refractivity contribution in [3.8, 4) is 5.75 Å². The van der Waals surface area contributed by atoms with Crippen molar-refractivity contribution >= 4 is 54.9 Å². The molecular weight excluding hydrogens is 578 g/mol. The number of rotatable bonds is 7. The molecule has 1 atom stereocenters. The van der Waals surface area contributed by atoms with Crippen LogP contribution in [0.3, 0.4) is 0 Å². The maximum absolute atomic E-state index is 13.5. The molecule has 0 bridgehead atoms. The van der Waals surface area contributed by atoms with Crippen LogP contribution in [0, 0.1) is 0 Å². The van der Waals surface area contributed by atoms with Crippen LogP contribution in [0.2, 0.25) is 0 Å². The molecule has 3 aromatic rings. The fourth-order valence-electron chi connectivity index (χ4n) is 4.25. The fourth-order valence-corrected chi connectivity index (χ4v) is 4.99. The number of carbonyl (C=O) groups excluding carboxylic acids is 1. The van der Waals surface area contributed by atoms with Crippen molar-refractivity contribution in [3.63, 3.8) is 0 Å². The van der Waals surface area contributed by atoms with E-state index in [-0.39, 0.29) is 18.1 Å². The van der Waals surface area contributed by atoms with E-state index in [9.17, 15) is 9.59 Å². The predicted molar refractivity (Wildman–Crippen MR) is 143 cm³/mol. The number of hydrogen-bond donors (Lipinski definition) is 0. The molecule has 184 valence electrons. The van der Waals surface area contributed by atoms with E-state index in [2.05, 4.69) is 37.0 Å². The molecule has 0 spiro atoms. The second-order valence-electron chi connectivity index (χ2n) is 8.52. The van der Waals surface area contributed by atoms with Gasteiger partial charge in [0.15, 0.2) is 6.10 Å². The Kier molecular flexibility index (Phi) is 8.38. The molecule has 0 aliphatic heterocycles. The Balaban J connectivity index is 1.77. The van der Waals surface area contributed by atoms with Crippen LogP contribution in [0.5, 0.6) is 5.75 Å². The first-order chi connectivity index (χ1) is 16.9. The number of carbonyl (C=O) groups is 1. The van der Waals surface area contributed by atoms with Crippen LogP contribution in [-0.4, -0.2) is 34.6 Å². The Morgan fingerprint density at radius 1 is 1.17 bits per heavy atom. The van der Waals surface area contributed by atoms with Gasteiger partial charge < -0.3 is 9.47 Å². The third kappa shape index (κ3) is 6.01. The third-order valence-corrected chi connectivity index (χ3v) is 7.00. The molecule has 1 fully saturated rings. The molecule has 2 aromatic carbocycles. The quantitative estimate of drug-likeness (QED) is 0.237. The van der Waals surface area contributed by atoms with Crippen LogP contribution >= 0.6 is 31.9 Å². The van der Waals surface area contributed by atoms with Crippen molar-refractivity contribution < 1.29 is 14.3 Å². The standard InChI is InChI=1S/C26H27Br2N3O4/c1-3-34-26(33)16(2)35-23-12-10-19(27)13-18(23)15-29-31-24(17-7-5-4-6-8-17)30-22-11-9-20(28)14-21(22)25(31)32/h9-17H,3-8H2,1-2H3/t16-/m1/s1. The van der Waals surface area contributed by atoms with Gasteiger partial charge in [-0.15, -0.1) is 0 Å². The van der Waals surface area contributed by atoms with Crippen molar-refractivity contribution in [2.24, 2.45) is 5.10 Å². The van der Waals surface area contributed by atoms with Gasteiger partial charge in [-0.1, -0.05) is 51.1 Å². The SMILES string of the molecule is CCOC(=O)[C@@H](C)Oc1ccc(Br)cc1C=Nn1c(C2CCCCC2)nc2ccc(Br)cc2c1=O. The first kappa shape index (κ1) is 25.6. The van der Waals surface area contributed by atoms with Gasteiger partial charge in [0.1, 0.15) is 11.6 Å². The number of fused-ring (bicyclic) bond motifs is 1. The van der Waals surface area contributed by atoms with Crippen LogP contribution in [0.15, 0.2) is 55.2 Å². The van der Waals surface area contributed by atoms with Crippen molar-refractivity contribution in [1.82, 2.24) is 9.66 Å². The highest BCUT2D eigenvalue weighted by Crippen LogP contribution is 2.32. The van der Waals surface area contributed by atoms with E-state index in [1.807, 2.05) is 24.3 Å². The summed E-state index contributed by atoms with van der Waals surface area (Å²) in [6.07, 6.45) is 6.16. The minimum atomic E-state index is -0.788. The van der Waals surface area contributed by atoms with E-state index in [0.717, 1.165) is 34.6 Å². The maximum Gasteiger partial charge on any atom is 0.347 e. The fraction of sp³-hybridized carbons (Fsp3) is 0.385. The molecule has 0 saturated heterocycles. The molecular formula is C26H27Br2N3O4. The normalized spacial score (nSPS) is 15.4. The van der Waals surface area contributed by atoms with Gasteiger partial charge in [0, 0.05) is 20.4 Å². The summed E-state index contributed by atoms with van der Waals surface area (Å²) in [5.74, 6) is 0.863. The van der Waals surface area contributed by atoms with Crippen molar-refractivity contribution in [2.45, 2.75) is 58.0 Å². The molecule has 35 heavy (non-hydrogen) atoms. The van der Waals surface area contributed by atoms with Gasteiger partial charge in [0.25, 0.3) is 5.56 Å². The van der Waals surface area contributed by atoms with E-state index >= 15 is 0 Å². The predicted octanol–water partition coefficient (Wildman–Crippen LogP) is 6.18. The second kappa shape index (κ2) is 11.5. The molecule has 7 nitrogen and oxygen atoms in total. The second-order valence-corrected chi connectivity index (χ2v) is 10.4. The van der Waals surface area contributed by atoms with Gasteiger partial charge in [-0.2, -0.15) is 9.78 Å². The average molecular weight is 605 g/mol. The van der Waals surface area contributed by atoms with Crippen LogP contribution in [0.1, 0.15) is 63.3 Å². The Labute approximate surface area is 220 Å². The summed E-state index contributed by atoms with van der Waals surface area (Å²) in [7, 11) is 0. The lowest BCUT2D eigenvalue weighted by Gasteiger charge is -2.23. The van der Waals surface area contributed by atoms with Crippen LogP contribution in [-0.2, 0) is 9.53 Å². The van der Waals surface area contributed by atoms with Gasteiger partial charge >= 0.3 is 5.97 Å².